The molecule has 1 amide bonds. The summed E-state index contributed by atoms with van der Waals surface area (Å²) in [5.74, 6) is 0.00850. The smallest absolute Gasteiger partial charge is 0.316 e. The van der Waals surface area contributed by atoms with E-state index in [4.69, 9.17) is 16.3 Å². The molecule has 0 aliphatic carbocycles. The fraction of sp³-hybridized carbons (Fsp3) is 0.357. The van der Waals surface area contributed by atoms with E-state index in [1.165, 1.54) is 11.3 Å². The van der Waals surface area contributed by atoms with Crippen molar-refractivity contribution in [3.63, 3.8) is 0 Å². The number of piperidine rings is 1. The van der Waals surface area contributed by atoms with E-state index < -0.39 is 0 Å². The zero-order chi connectivity index (χ0) is 14.7. The molecule has 1 saturated heterocycles. The summed E-state index contributed by atoms with van der Waals surface area (Å²) in [5, 5.41) is 0. The van der Waals surface area contributed by atoms with E-state index in [1.54, 1.807) is 35.5 Å². The van der Waals surface area contributed by atoms with Gasteiger partial charge in [0.05, 0.1) is 15.8 Å². The number of hydrogen-bond donors (Lipinski definition) is 0. The van der Waals surface area contributed by atoms with Gasteiger partial charge in [-0.3, -0.25) is 4.79 Å². The highest BCUT2D eigenvalue weighted by atomic mass is 35.5. The topological polar surface area (TPSA) is 55.3 Å². The van der Waals surface area contributed by atoms with Gasteiger partial charge >= 0.3 is 6.01 Å². The van der Waals surface area contributed by atoms with Crippen LogP contribution < -0.4 is 4.74 Å². The lowest BCUT2D eigenvalue weighted by molar-refractivity contribution is 0.0520. The third-order valence-electron chi connectivity index (χ3n) is 3.26. The SMILES string of the molecule is O=C(c1ccc(Cl)s1)N1CCCC(Oc2ncccn2)C1. The number of aromatic nitrogens is 2. The lowest BCUT2D eigenvalue weighted by atomic mass is 10.1. The minimum Gasteiger partial charge on any atom is -0.458 e. The van der Waals surface area contributed by atoms with Crippen LogP contribution >= 0.6 is 22.9 Å². The number of halogens is 1. The number of ether oxygens (including phenoxy) is 1. The number of likely N-dealkylation sites (tertiary alicyclic amines) is 1. The van der Waals surface area contributed by atoms with Crippen LogP contribution in [0.25, 0.3) is 0 Å². The van der Waals surface area contributed by atoms with Crippen LogP contribution in [0.4, 0.5) is 0 Å². The van der Waals surface area contributed by atoms with Gasteiger partial charge in [-0.25, -0.2) is 9.97 Å². The minimum atomic E-state index is -0.0689. The Hall–Kier alpha value is -1.66. The summed E-state index contributed by atoms with van der Waals surface area (Å²) >= 11 is 7.19. The van der Waals surface area contributed by atoms with Gasteiger partial charge < -0.3 is 9.64 Å². The molecule has 2 aromatic rings. The van der Waals surface area contributed by atoms with Gasteiger partial charge in [0.2, 0.25) is 0 Å². The summed E-state index contributed by atoms with van der Waals surface area (Å²) in [6, 6.07) is 5.61. The Morgan fingerprint density at radius 1 is 1.38 bits per heavy atom. The van der Waals surface area contributed by atoms with Crippen LogP contribution in [0, 0.1) is 0 Å². The molecule has 7 heteroatoms. The molecule has 1 aliphatic heterocycles. The quantitative estimate of drug-likeness (QED) is 0.871. The molecular weight excluding hydrogens is 310 g/mol. The summed E-state index contributed by atoms with van der Waals surface area (Å²) < 4.78 is 6.36. The summed E-state index contributed by atoms with van der Waals surface area (Å²) in [5.41, 5.74) is 0. The van der Waals surface area contributed by atoms with Gasteiger partial charge in [0, 0.05) is 18.9 Å². The highest BCUT2D eigenvalue weighted by Gasteiger charge is 2.26. The van der Waals surface area contributed by atoms with Crippen molar-refractivity contribution in [2.45, 2.75) is 18.9 Å². The molecule has 3 heterocycles. The molecule has 0 N–H and O–H groups in total. The van der Waals surface area contributed by atoms with E-state index in [0.29, 0.717) is 21.8 Å². The van der Waals surface area contributed by atoms with Crippen LogP contribution in [-0.4, -0.2) is 40.0 Å². The average molecular weight is 324 g/mol. The van der Waals surface area contributed by atoms with E-state index in [2.05, 4.69) is 9.97 Å². The molecule has 0 radical (unpaired) electrons. The highest BCUT2D eigenvalue weighted by molar-refractivity contribution is 7.17. The van der Waals surface area contributed by atoms with Crippen LogP contribution in [0.15, 0.2) is 30.6 Å². The second kappa shape index (κ2) is 6.41. The Labute approximate surface area is 131 Å². The molecule has 5 nitrogen and oxygen atoms in total. The number of thiophene rings is 1. The molecule has 0 saturated carbocycles. The first-order chi connectivity index (χ1) is 10.2. The van der Waals surface area contributed by atoms with Crippen molar-refractivity contribution in [1.82, 2.24) is 14.9 Å². The van der Waals surface area contributed by atoms with E-state index in [9.17, 15) is 4.79 Å². The predicted octanol–water partition coefficient (Wildman–Crippen LogP) is 2.88. The molecule has 0 aromatic carbocycles. The maximum absolute atomic E-state index is 12.4. The summed E-state index contributed by atoms with van der Waals surface area (Å²) in [7, 11) is 0. The number of carbonyl (C=O) groups is 1. The molecule has 1 fully saturated rings. The molecule has 21 heavy (non-hydrogen) atoms. The van der Waals surface area contributed by atoms with Crippen molar-refractivity contribution < 1.29 is 9.53 Å². The average Bonchev–Trinajstić information content (AvgIpc) is 2.94. The van der Waals surface area contributed by atoms with Crippen LogP contribution in [0.5, 0.6) is 6.01 Å². The largest absolute Gasteiger partial charge is 0.458 e. The first-order valence-electron chi connectivity index (χ1n) is 6.70. The Balaban J connectivity index is 1.64. The zero-order valence-corrected chi connectivity index (χ0v) is 12.8. The molecule has 1 atom stereocenters. The van der Waals surface area contributed by atoms with Crippen LogP contribution in [0.1, 0.15) is 22.5 Å². The third-order valence-corrected chi connectivity index (χ3v) is 4.48. The molecule has 1 aliphatic rings. The van der Waals surface area contributed by atoms with E-state index >= 15 is 0 Å². The van der Waals surface area contributed by atoms with Gasteiger partial charge in [0.15, 0.2) is 0 Å². The Kier molecular flexibility index (Phi) is 4.36. The standard InChI is InChI=1S/C14H14ClN3O2S/c15-12-5-4-11(21-12)13(19)18-8-1-3-10(9-18)20-14-16-6-2-7-17-14/h2,4-7,10H,1,3,8-9H2. The molecule has 0 spiro atoms. The number of nitrogens with zero attached hydrogens (tertiary/aromatic N) is 3. The van der Waals surface area contributed by atoms with E-state index in [1.807, 2.05) is 0 Å². The van der Waals surface area contributed by atoms with E-state index in [-0.39, 0.29) is 12.0 Å². The first kappa shape index (κ1) is 14.3. The molecule has 0 bridgehead atoms. The maximum Gasteiger partial charge on any atom is 0.316 e. The second-order valence-corrected chi connectivity index (χ2v) is 6.48. The van der Waals surface area contributed by atoms with Gasteiger partial charge in [-0.15, -0.1) is 11.3 Å². The molecule has 1 unspecified atom stereocenters. The molecule has 3 rings (SSSR count). The normalized spacial score (nSPS) is 18.5. The van der Waals surface area contributed by atoms with Crippen molar-refractivity contribution in [3.05, 3.63) is 39.8 Å². The van der Waals surface area contributed by atoms with Crippen molar-refractivity contribution in [3.8, 4) is 6.01 Å². The lowest BCUT2D eigenvalue weighted by Gasteiger charge is -2.32. The van der Waals surface area contributed by atoms with Gasteiger partial charge in [-0.2, -0.15) is 0 Å². The predicted molar refractivity (Wildman–Crippen MR) is 80.9 cm³/mol. The van der Waals surface area contributed by atoms with Gasteiger partial charge in [-0.05, 0) is 31.0 Å². The van der Waals surface area contributed by atoms with Gasteiger partial charge in [0.25, 0.3) is 5.91 Å². The Bertz CT molecular complexity index is 620. The number of rotatable bonds is 3. The van der Waals surface area contributed by atoms with Gasteiger partial charge in [-0.1, -0.05) is 11.6 Å². The summed E-state index contributed by atoms with van der Waals surface area (Å²) in [6.45, 7) is 1.29. The summed E-state index contributed by atoms with van der Waals surface area (Å²) in [4.78, 5) is 23.0. The fourth-order valence-corrected chi connectivity index (χ4v) is 3.31. The Morgan fingerprint density at radius 3 is 2.90 bits per heavy atom. The summed E-state index contributed by atoms with van der Waals surface area (Å²) in [6.07, 6.45) is 5.01. The number of carbonyl (C=O) groups excluding carboxylic acids is 1. The zero-order valence-electron chi connectivity index (χ0n) is 11.2. The molecule has 2 aromatic heterocycles. The molecular formula is C14H14ClN3O2S. The van der Waals surface area contributed by atoms with Crippen LogP contribution in [0.3, 0.4) is 0 Å². The van der Waals surface area contributed by atoms with Crippen molar-refractivity contribution >= 4 is 28.8 Å². The maximum atomic E-state index is 12.4. The Morgan fingerprint density at radius 2 is 2.19 bits per heavy atom. The second-order valence-electron chi connectivity index (χ2n) is 4.77. The number of hydrogen-bond acceptors (Lipinski definition) is 5. The number of amides is 1. The van der Waals surface area contributed by atoms with Crippen molar-refractivity contribution in [2.75, 3.05) is 13.1 Å². The van der Waals surface area contributed by atoms with Gasteiger partial charge in [0.1, 0.15) is 6.10 Å². The monoisotopic (exact) mass is 323 g/mol. The molecule has 110 valence electrons. The first-order valence-corrected chi connectivity index (χ1v) is 7.90. The van der Waals surface area contributed by atoms with Crippen LogP contribution in [0.2, 0.25) is 4.34 Å². The minimum absolute atomic E-state index is 0.00850. The third kappa shape index (κ3) is 3.51. The van der Waals surface area contributed by atoms with E-state index in [0.717, 1.165) is 19.4 Å². The van der Waals surface area contributed by atoms with Crippen LogP contribution in [-0.2, 0) is 0 Å². The lowest BCUT2D eigenvalue weighted by Crippen LogP contribution is -2.44. The van der Waals surface area contributed by atoms with Crippen molar-refractivity contribution in [2.24, 2.45) is 0 Å². The van der Waals surface area contributed by atoms with Crippen molar-refractivity contribution in [1.29, 1.82) is 0 Å². The highest BCUT2D eigenvalue weighted by Crippen LogP contribution is 2.24. The fourth-order valence-electron chi connectivity index (χ4n) is 2.30.